The van der Waals surface area contributed by atoms with Crippen molar-refractivity contribution in [3.05, 3.63) is 33.8 Å². The van der Waals surface area contributed by atoms with Gasteiger partial charge in [-0.2, -0.15) is 0 Å². The van der Waals surface area contributed by atoms with Crippen molar-refractivity contribution in [3.8, 4) is 0 Å². The number of esters is 1. The average Bonchev–Trinajstić information content (AvgIpc) is 2.17. The van der Waals surface area contributed by atoms with Gasteiger partial charge in [0.2, 0.25) is 0 Å². The standard InChI is InChI=1S/C10H9BrO3/c1-2-14-10(13)8-3-7(6-12)4-9(11)5-8/h3-6H,2H2,1H3. The Labute approximate surface area is 90.2 Å². The van der Waals surface area contributed by atoms with Crippen LogP contribution in [-0.2, 0) is 4.74 Å². The molecule has 0 amide bonds. The summed E-state index contributed by atoms with van der Waals surface area (Å²) in [5.74, 6) is -0.420. The van der Waals surface area contributed by atoms with E-state index in [1.54, 1.807) is 19.1 Å². The van der Waals surface area contributed by atoms with E-state index in [0.717, 1.165) is 0 Å². The number of halogens is 1. The lowest BCUT2D eigenvalue weighted by Crippen LogP contribution is -2.05. The molecular formula is C10H9BrO3. The number of aldehydes is 1. The van der Waals surface area contributed by atoms with Gasteiger partial charge in [-0.1, -0.05) is 15.9 Å². The molecule has 0 bridgehead atoms. The van der Waals surface area contributed by atoms with Gasteiger partial charge in [0.1, 0.15) is 6.29 Å². The van der Waals surface area contributed by atoms with Crippen molar-refractivity contribution in [1.82, 2.24) is 0 Å². The van der Waals surface area contributed by atoms with Crippen LogP contribution in [0.5, 0.6) is 0 Å². The quantitative estimate of drug-likeness (QED) is 0.617. The second-order valence-electron chi connectivity index (χ2n) is 2.61. The summed E-state index contributed by atoms with van der Waals surface area (Å²) in [7, 11) is 0. The Morgan fingerprint density at radius 2 is 2.21 bits per heavy atom. The summed E-state index contributed by atoms with van der Waals surface area (Å²) in [6.07, 6.45) is 0.688. The first kappa shape index (κ1) is 10.9. The van der Waals surface area contributed by atoms with Crippen LogP contribution in [0, 0.1) is 0 Å². The molecule has 0 aliphatic heterocycles. The minimum Gasteiger partial charge on any atom is -0.462 e. The minimum atomic E-state index is -0.420. The lowest BCUT2D eigenvalue weighted by molar-refractivity contribution is 0.0526. The van der Waals surface area contributed by atoms with E-state index in [9.17, 15) is 9.59 Å². The van der Waals surface area contributed by atoms with Gasteiger partial charge in [0, 0.05) is 10.0 Å². The predicted octanol–water partition coefficient (Wildman–Crippen LogP) is 2.44. The molecule has 0 heterocycles. The van der Waals surface area contributed by atoms with E-state index in [-0.39, 0.29) is 0 Å². The van der Waals surface area contributed by atoms with E-state index in [0.29, 0.717) is 28.5 Å². The van der Waals surface area contributed by atoms with E-state index in [1.165, 1.54) is 6.07 Å². The third-order valence-corrected chi connectivity index (χ3v) is 2.03. The number of hydrogen-bond donors (Lipinski definition) is 0. The molecule has 0 N–H and O–H groups in total. The van der Waals surface area contributed by atoms with Crippen LogP contribution in [0.25, 0.3) is 0 Å². The average molecular weight is 257 g/mol. The van der Waals surface area contributed by atoms with Crippen LogP contribution in [0.15, 0.2) is 22.7 Å². The van der Waals surface area contributed by atoms with E-state index < -0.39 is 5.97 Å². The van der Waals surface area contributed by atoms with Crippen molar-refractivity contribution in [2.24, 2.45) is 0 Å². The lowest BCUT2D eigenvalue weighted by atomic mass is 10.1. The van der Waals surface area contributed by atoms with Gasteiger partial charge in [-0.05, 0) is 25.1 Å². The molecule has 1 aromatic rings. The molecule has 0 aromatic heterocycles. The van der Waals surface area contributed by atoms with Crippen LogP contribution in [0.4, 0.5) is 0 Å². The Morgan fingerprint density at radius 3 is 2.79 bits per heavy atom. The second kappa shape index (κ2) is 4.91. The van der Waals surface area contributed by atoms with E-state index in [4.69, 9.17) is 4.74 Å². The van der Waals surface area contributed by atoms with Gasteiger partial charge < -0.3 is 4.74 Å². The van der Waals surface area contributed by atoms with Gasteiger partial charge in [0.05, 0.1) is 12.2 Å². The zero-order valence-corrected chi connectivity index (χ0v) is 9.21. The lowest BCUT2D eigenvalue weighted by Gasteiger charge is -2.02. The van der Waals surface area contributed by atoms with E-state index >= 15 is 0 Å². The van der Waals surface area contributed by atoms with Gasteiger partial charge >= 0.3 is 5.97 Å². The SMILES string of the molecule is CCOC(=O)c1cc(Br)cc(C=O)c1. The maximum absolute atomic E-state index is 11.3. The number of carbonyl (C=O) groups excluding carboxylic acids is 2. The monoisotopic (exact) mass is 256 g/mol. The maximum Gasteiger partial charge on any atom is 0.338 e. The van der Waals surface area contributed by atoms with Crippen LogP contribution >= 0.6 is 15.9 Å². The second-order valence-corrected chi connectivity index (χ2v) is 3.53. The summed E-state index contributed by atoms with van der Waals surface area (Å²) in [4.78, 5) is 21.8. The summed E-state index contributed by atoms with van der Waals surface area (Å²) >= 11 is 3.21. The largest absolute Gasteiger partial charge is 0.462 e. The fourth-order valence-electron chi connectivity index (χ4n) is 1.01. The van der Waals surface area contributed by atoms with Crippen LogP contribution in [-0.4, -0.2) is 18.9 Å². The highest BCUT2D eigenvalue weighted by Crippen LogP contribution is 2.15. The summed E-state index contributed by atoms with van der Waals surface area (Å²) in [6, 6.07) is 4.75. The molecule has 4 heteroatoms. The number of benzene rings is 1. The predicted molar refractivity (Wildman–Crippen MR) is 55.5 cm³/mol. The molecule has 0 saturated heterocycles. The molecule has 3 nitrogen and oxygen atoms in total. The Morgan fingerprint density at radius 1 is 1.50 bits per heavy atom. The van der Waals surface area contributed by atoms with Crippen LogP contribution in [0.3, 0.4) is 0 Å². The van der Waals surface area contributed by atoms with Crippen molar-refractivity contribution in [2.75, 3.05) is 6.61 Å². The fourth-order valence-corrected chi connectivity index (χ4v) is 1.52. The molecule has 0 spiro atoms. The van der Waals surface area contributed by atoms with Crippen LogP contribution in [0.2, 0.25) is 0 Å². The topological polar surface area (TPSA) is 43.4 Å². The van der Waals surface area contributed by atoms with Crippen molar-refractivity contribution in [2.45, 2.75) is 6.92 Å². The fraction of sp³-hybridized carbons (Fsp3) is 0.200. The van der Waals surface area contributed by atoms with Crippen molar-refractivity contribution < 1.29 is 14.3 Å². The van der Waals surface area contributed by atoms with Gasteiger partial charge in [-0.3, -0.25) is 4.79 Å². The number of hydrogen-bond acceptors (Lipinski definition) is 3. The first-order valence-corrected chi connectivity index (χ1v) is 4.89. The highest BCUT2D eigenvalue weighted by Gasteiger charge is 2.08. The number of ether oxygens (including phenoxy) is 1. The molecule has 14 heavy (non-hydrogen) atoms. The highest BCUT2D eigenvalue weighted by atomic mass is 79.9. The highest BCUT2D eigenvalue weighted by molar-refractivity contribution is 9.10. The molecule has 0 unspecified atom stereocenters. The molecule has 0 aliphatic carbocycles. The third kappa shape index (κ3) is 2.67. The molecular weight excluding hydrogens is 248 g/mol. The Balaban J connectivity index is 3.02. The summed E-state index contributed by atoms with van der Waals surface area (Å²) < 4.78 is 5.49. The molecule has 1 rings (SSSR count). The Bertz CT molecular complexity index is 360. The van der Waals surface area contributed by atoms with Crippen LogP contribution in [0.1, 0.15) is 27.6 Å². The molecule has 0 atom stereocenters. The molecule has 1 aromatic carbocycles. The van der Waals surface area contributed by atoms with Gasteiger partial charge in [0.15, 0.2) is 0 Å². The van der Waals surface area contributed by atoms with Gasteiger partial charge in [0.25, 0.3) is 0 Å². The smallest absolute Gasteiger partial charge is 0.338 e. The molecule has 0 fully saturated rings. The van der Waals surface area contributed by atoms with E-state index in [2.05, 4.69) is 15.9 Å². The normalized spacial score (nSPS) is 9.57. The molecule has 0 aliphatic rings. The molecule has 0 saturated carbocycles. The van der Waals surface area contributed by atoms with Crippen molar-refractivity contribution >= 4 is 28.2 Å². The van der Waals surface area contributed by atoms with E-state index in [1.807, 2.05) is 0 Å². The summed E-state index contributed by atoms with van der Waals surface area (Å²) in [6.45, 7) is 2.05. The first-order chi connectivity index (χ1) is 6.67. The number of rotatable bonds is 3. The first-order valence-electron chi connectivity index (χ1n) is 4.10. The zero-order valence-electron chi connectivity index (χ0n) is 7.62. The van der Waals surface area contributed by atoms with Gasteiger partial charge in [-0.15, -0.1) is 0 Å². The summed E-state index contributed by atoms with van der Waals surface area (Å²) in [5, 5.41) is 0. The summed E-state index contributed by atoms with van der Waals surface area (Å²) in [5.41, 5.74) is 0.825. The Hall–Kier alpha value is -1.16. The van der Waals surface area contributed by atoms with Crippen LogP contribution < -0.4 is 0 Å². The maximum atomic E-state index is 11.3. The van der Waals surface area contributed by atoms with Gasteiger partial charge in [-0.25, -0.2) is 4.79 Å². The zero-order chi connectivity index (χ0) is 10.6. The minimum absolute atomic E-state index is 0.321. The molecule has 74 valence electrons. The van der Waals surface area contributed by atoms with Crippen molar-refractivity contribution in [3.63, 3.8) is 0 Å². The Kier molecular flexibility index (Phi) is 3.83. The molecule has 0 radical (unpaired) electrons. The number of carbonyl (C=O) groups is 2. The van der Waals surface area contributed by atoms with Crippen molar-refractivity contribution in [1.29, 1.82) is 0 Å². The third-order valence-electron chi connectivity index (χ3n) is 1.57.